The van der Waals surface area contributed by atoms with E-state index in [1.54, 1.807) is 5.32 Å². The van der Waals surface area contributed by atoms with E-state index in [4.69, 9.17) is 47.4 Å². The molecule has 0 spiro atoms. The number of amides is 1. The van der Waals surface area contributed by atoms with Crippen molar-refractivity contribution in [2.75, 3.05) is 20.8 Å². The molecule has 58 heavy (non-hydrogen) atoms. The first-order valence-electron chi connectivity index (χ1n) is 16.9. The molecule has 0 aromatic heterocycles. The number of hydrogen-bond donors (Lipinski definition) is 1. The van der Waals surface area contributed by atoms with Crippen molar-refractivity contribution in [3.63, 3.8) is 0 Å². The van der Waals surface area contributed by atoms with Gasteiger partial charge >= 0.3 is 53.9 Å². The Morgan fingerprint density at radius 1 is 0.690 bits per heavy atom. The van der Waals surface area contributed by atoms with E-state index in [2.05, 4.69) is 4.74 Å². The van der Waals surface area contributed by atoms with Crippen molar-refractivity contribution in [2.45, 2.75) is 102 Å². The maximum atomic E-state index is 13.7. The number of methoxy groups -OCH3 is 2. The molecule has 2 saturated heterocycles. The number of nitrogens with one attached hydrogen (secondary N) is 1. The average Bonchev–Trinajstić information content (AvgIpc) is 3.13. The average molecular weight is 836 g/mol. The molecule has 2 fully saturated rings. The Hall–Kier alpha value is -5.81. The number of rotatable bonds is 14. The molecule has 0 radical (unpaired) electrons. The summed E-state index contributed by atoms with van der Waals surface area (Å²) in [5.74, 6) is -9.83. The van der Waals surface area contributed by atoms with Crippen LogP contribution in [0.25, 0.3) is 6.08 Å². The molecular formula is C35H40F3NO19. The number of carbonyl (C=O) groups is 8. The molecule has 0 saturated carbocycles. The molecule has 1 aromatic rings. The number of hydrogen-bond acceptors (Lipinski definition) is 19. The zero-order valence-electron chi connectivity index (χ0n) is 31.8. The molecule has 10 atom stereocenters. The van der Waals surface area contributed by atoms with Crippen LogP contribution in [0.15, 0.2) is 30.3 Å². The Bertz CT molecular complexity index is 1720. The van der Waals surface area contributed by atoms with Crippen LogP contribution in [-0.4, -0.2) is 136 Å². The lowest BCUT2D eigenvalue weighted by Gasteiger charge is -2.48. The van der Waals surface area contributed by atoms with Gasteiger partial charge in [0, 0.05) is 40.7 Å². The van der Waals surface area contributed by atoms with Gasteiger partial charge in [0.15, 0.2) is 30.7 Å². The number of ether oxygens (including phenoxy) is 11. The second kappa shape index (κ2) is 20.6. The zero-order valence-corrected chi connectivity index (χ0v) is 31.8. The SMILES string of the molecule is COC(=O)/C=C/c1ccc(O[C@@H]2O[C@H](C(=O)OC)[C@@H](O[C@H]3O[C@H](COC(C)=O)[C@@H](OC(C)=O)[C@H](OC(C)=O)[C@H]3NC(=O)C(F)(F)F)[C@H](OC(C)=O)[C@H]2OC(C)=O)cc1. The van der Waals surface area contributed by atoms with Gasteiger partial charge in [-0.3, -0.25) is 28.8 Å². The van der Waals surface area contributed by atoms with Gasteiger partial charge in [-0.25, -0.2) is 9.59 Å². The summed E-state index contributed by atoms with van der Waals surface area (Å²) < 4.78 is 101. The van der Waals surface area contributed by atoms with E-state index >= 15 is 0 Å². The van der Waals surface area contributed by atoms with Crippen LogP contribution in [0.2, 0.25) is 0 Å². The van der Waals surface area contributed by atoms with E-state index in [1.165, 1.54) is 37.5 Å². The summed E-state index contributed by atoms with van der Waals surface area (Å²) in [6, 6.07) is 3.44. The Kier molecular flexibility index (Phi) is 16.5. The molecule has 0 aliphatic carbocycles. The van der Waals surface area contributed by atoms with Crippen LogP contribution in [-0.2, 0) is 85.7 Å². The van der Waals surface area contributed by atoms with Crippen LogP contribution in [0.3, 0.4) is 0 Å². The number of halogens is 3. The standard InChI is InChI=1S/C35H40F3NO19/c1-15(40)50-14-22-25(51-16(2)41)26(52-17(3)42)24(39-34(47)35(36,37)38)32(56-22)57-27-28(53-18(4)43)30(54-19(5)44)33(58-29(27)31(46)49-7)55-21-11-8-20(9-12-21)10-13-23(45)48-6/h8-13,22,24-30,32-33H,14H2,1-7H3,(H,39,47)/b13-10+/t22-,24-,25-,26-,27+,28+,29+,30-,32-,33-/m1/s1. The van der Waals surface area contributed by atoms with Gasteiger partial charge in [-0.1, -0.05) is 12.1 Å². The van der Waals surface area contributed by atoms with Crippen LogP contribution in [0.5, 0.6) is 5.75 Å². The number of carbonyl (C=O) groups excluding carboxylic acids is 8. The highest BCUT2D eigenvalue weighted by atomic mass is 19.4. The summed E-state index contributed by atoms with van der Waals surface area (Å²) in [5, 5.41) is 1.57. The number of alkyl halides is 3. The van der Waals surface area contributed by atoms with Gasteiger partial charge in [0.05, 0.1) is 14.2 Å². The molecule has 23 heteroatoms. The molecule has 1 amide bonds. The van der Waals surface area contributed by atoms with Gasteiger partial charge < -0.3 is 57.4 Å². The molecule has 2 heterocycles. The van der Waals surface area contributed by atoms with Gasteiger partial charge in [0.1, 0.15) is 30.6 Å². The molecule has 1 aromatic carbocycles. The van der Waals surface area contributed by atoms with Gasteiger partial charge in [0.2, 0.25) is 12.4 Å². The molecule has 0 bridgehead atoms. The highest BCUT2D eigenvalue weighted by Gasteiger charge is 2.59. The quantitative estimate of drug-likeness (QED) is 0.153. The van der Waals surface area contributed by atoms with Crippen LogP contribution in [0.1, 0.15) is 40.2 Å². The molecule has 1 N–H and O–H groups in total. The Morgan fingerprint density at radius 3 is 1.76 bits per heavy atom. The monoisotopic (exact) mass is 835 g/mol. The molecule has 3 rings (SSSR count). The molecular weight excluding hydrogens is 795 g/mol. The molecule has 0 unspecified atom stereocenters. The van der Waals surface area contributed by atoms with E-state index in [9.17, 15) is 51.5 Å². The predicted octanol–water partition coefficient (Wildman–Crippen LogP) is 0.597. The third kappa shape index (κ3) is 13.1. The lowest BCUT2D eigenvalue weighted by Crippen LogP contribution is -2.70. The van der Waals surface area contributed by atoms with Crippen LogP contribution >= 0.6 is 0 Å². The topological polar surface area (TPSA) is 250 Å². The second-order valence-electron chi connectivity index (χ2n) is 12.2. The molecule has 320 valence electrons. The molecule has 20 nitrogen and oxygen atoms in total. The summed E-state index contributed by atoms with van der Waals surface area (Å²) in [6.07, 6.45) is -20.9. The third-order valence-corrected chi connectivity index (χ3v) is 7.83. The fourth-order valence-electron chi connectivity index (χ4n) is 5.59. The first-order chi connectivity index (χ1) is 27.1. The van der Waals surface area contributed by atoms with Crippen molar-refractivity contribution in [2.24, 2.45) is 0 Å². The Labute approximate surface area is 327 Å². The molecule has 2 aliphatic heterocycles. The third-order valence-electron chi connectivity index (χ3n) is 7.83. The maximum absolute atomic E-state index is 13.7. The van der Waals surface area contributed by atoms with Crippen LogP contribution in [0.4, 0.5) is 13.2 Å². The normalized spacial score (nSPS) is 26.9. The minimum Gasteiger partial charge on any atom is -0.467 e. The zero-order chi connectivity index (χ0) is 43.5. The van der Waals surface area contributed by atoms with E-state index in [-0.39, 0.29) is 5.75 Å². The van der Waals surface area contributed by atoms with Crippen molar-refractivity contribution >= 4 is 53.8 Å². The van der Waals surface area contributed by atoms with E-state index in [0.29, 0.717) is 5.56 Å². The van der Waals surface area contributed by atoms with Crippen LogP contribution in [0, 0.1) is 0 Å². The van der Waals surface area contributed by atoms with Gasteiger partial charge in [-0.05, 0) is 23.8 Å². The smallest absolute Gasteiger partial charge is 0.467 e. The lowest BCUT2D eigenvalue weighted by atomic mass is 9.94. The second-order valence-corrected chi connectivity index (χ2v) is 12.2. The Morgan fingerprint density at radius 2 is 1.24 bits per heavy atom. The molecule has 2 aliphatic rings. The lowest BCUT2D eigenvalue weighted by molar-refractivity contribution is -0.335. The minimum absolute atomic E-state index is 0.00141. The Balaban J connectivity index is 2.19. The van der Waals surface area contributed by atoms with Crippen molar-refractivity contribution in [1.82, 2.24) is 5.32 Å². The first kappa shape index (κ1) is 46.6. The van der Waals surface area contributed by atoms with Gasteiger partial charge in [-0.15, -0.1) is 0 Å². The first-order valence-corrected chi connectivity index (χ1v) is 16.9. The van der Waals surface area contributed by atoms with E-state index in [1.807, 2.05) is 0 Å². The summed E-state index contributed by atoms with van der Waals surface area (Å²) in [4.78, 5) is 98.6. The van der Waals surface area contributed by atoms with Crippen molar-refractivity contribution < 1.29 is 104 Å². The van der Waals surface area contributed by atoms with Crippen molar-refractivity contribution in [1.29, 1.82) is 0 Å². The number of esters is 7. The summed E-state index contributed by atoms with van der Waals surface area (Å²) >= 11 is 0. The fourth-order valence-corrected chi connectivity index (χ4v) is 5.59. The maximum Gasteiger partial charge on any atom is 0.471 e. The highest BCUT2D eigenvalue weighted by molar-refractivity contribution is 5.87. The summed E-state index contributed by atoms with van der Waals surface area (Å²) in [6.45, 7) is 3.71. The summed E-state index contributed by atoms with van der Waals surface area (Å²) in [7, 11) is 2.08. The predicted molar refractivity (Wildman–Crippen MR) is 179 cm³/mol. The summed E-state index contributed by atoms with van der Waals surface area (Å²) in [5.41, 5.74) is 0.493. The fraction of sp³-hybridized carbons (Fsp3) is 0.543. The van der Waals surface area contributed by atoms with Gasteiger partial charge in [0.25, 0.3) is 0 Å². The van der Waals surface area contributed by atoms with Crippen LogP contribution < -0.4 is 10.1 Å². The van der Waals surface area contributed by atoms with E-state index < -0.39 is 122 Å². The largest absolute Gasteiger partial charge is 0.471 e. The van der Waals surface area contributed by atoms with Crippen molar-refractivity contribution in [3.05, 3.63) is 35.9 Å². The van der Waals surface area contributed by atoms with Gasteiger partial charge in [-0.2, -0.15) is 13.2 Å². The number of benzene rings is 1. The highest BCUT2D eigenvalue weighted by Crippen LogP contribution is 2.36. The van der Waals surface area contributed by atoms with Crippen molar-refractivity contribution in [3.8, 4) is 5.75 Å². The minimum atomic E-state index is -5.58. The van der Waals surface area contributed by atoms with E-state index in [0.717, 1.165) is 47.8 Å².